The molecule has 12 heavy (non-hydrogen) atoms. The summed E-state index contributed by atoms with van der Waals surface area (Å²) in [6.45, 7) is 0. The molecule has 0 amide bonds. The fourth-order valence-electron chi connectivity index (χ4n) is 4.06. The third-order valence-corrected chi connectivity index (χ3v) is 4.27. The van der Waals surface area contributed by atoms with Crippen LogP contribution >= 0.6 is 0 Å². The van der Waals surface area contributed by atoms with Crippen molar-refractivity contribution < 1.29 is 5.11 Å². The summed E-state index contributed by atoms with van der Waals surface area (Å²) < 4.78 is 0. The van der Waals surface area contributed by atoms with Gasteiger partial charge in [0.15, 0.2) is 0 Å². The van der Waals surface area contributed by atoms with Crippen LogP contribution in [-0.2, 0) is 0 Å². The van der Waals surface area contributed by atoms with Gasteiger partial charge in [-0.1, -0.05) is 0 Å². The third-order valence-electron chi connectivity index (χ3n) is 4.27. The van der Waals surface area contributed by atoms with Crippen LogP contribution in [0.1, 0.15) is 32.1 Å². The number of aliphatic hydroxyl groups is 1. The van der Waals surface area contributed by atoms with Gasteiger partial charge in [-0.25, -0.2) is 0 Å². The van der Waals surface area contributed by atoms with Crippen LogP contribution in [0, 0.1) is 17.8 Å². The van der Waals surface area contributed by atoms with Gasteiger partial charge in [0.2, 0.25) is 0 Å². The molecule has 4 fully saturated rings. The molecule has 68 valence electrons. The van der Waals surface area contributed by atoms with Crippen molar-refractivity contribution in [2.75, 3.05) is 0 Å². The normalized spacial score (nSPS) is 62.5. The van der Waals surface area contributed by atoms with Crippen LogP contribution in [0.5, 0.6) is 0 Å². The Morgan fingerprint density at radius 1 is 1.08 bits per heavy atom. The molecule has 0 spiro atoms. The lowest BCUT2D eigenvalue weighted by atomic mass is 9.52. The Balaban J connectivity index is 1.95. The van der Waals surface area contributed by atoms with Gasteiger partial charge in [0.1, 0.15) is 0 Å². The number of hydrogen-bond donors (Lipinski definition) is 2. The maximum Gasteiger partial charge on any atom is 0.0598 e. The summed E-state index contributed by atoms with van der Waals surface area (Å²) >= 11 is 0. The van der Waals surface area contributed by atoms with Crippen molar-refractivity contribution in [2.45, 2.75) is 43.7 Å². The second-order valence-electron chi connectivity index (χ2n) is 5.32. The second kappa shape index (κ2) is 2.05. The standard InChI is InChI=1S/C10H17NO/c11-10-3-6-1-7(4-10)9(12)8(2-6)5-10/h6-9,12H,1-5,11H2/t6?,7-,8-,9?,10?/m0/s1. The second-order valence-corrected chi connectivity index (χ2v) is 5.32. The highest BCUT2D eigenvalue weighted by Gasteiger charge is 2.53. The minimum Gasteiger partial charge on any atom is -0.393 e. The summed E-state index contributed by atoms with van der Waals surface area (Å²) in [5.74, 6) is 1.93. The lowest BCUT2D eigenvalue weighted by molar-refractivity contribution is -0.102. The van der Waals surface area contributed by atoms with Gasteiger partial charge in [0.05, 0.1) is 6.10 Å². The summed E-state index contributed by atoms with van der Waals surface area (Å²) in [6.07, 6.45) is 5.88. The molecule has 0 aromatic carbocycles. The molecule has 2 atom stereocenters. The molecule has 0 aliphatic heterocycles. The van der Waals surface area contributed by atoms with Crippen molar-refractivity contribution in [2.24, 2.45) is 23.5 Å². The predicted octanol–water partition coefficient (Wildman–Crippen LogP) is 0.885. The first-order chi connectivity index (χ1) is 5.66. The SMILES string of the molecule is NC12CC3C[C@@H](C1)C(O)[C@@H](C3)C2. The van der Waals surface area contributed by atoms with E-state index in [0.29, 0.717) is 11.8 Å². The highest BCUT2D eigenvalue weighted by molar-refractivity contribution is 5.07. The van der Waals surface area contributed by atoms with E-state index in [0.717, 1.165) is 18.8 Å². The van der Waals surface area contributed by atoms with Gasteiger partial charge in [-0.3, -0.25) is 0 Å². The van der Waals surface area contributed by atoms with Crippen LogP contribution in [0.4, 0.5) is 0 Å². The van der Waals surface area contributed by atoms with Gasteiger partial charge >= 0.3 is 0 Å². The van der Waals surface area contributed by atoms with Gasteiger partial charge in [0, 0.05) is 5.54 Å². The molecule has 0 unspecified atom stereocenters. The van der Waals surface area contributed by atoms with Gasteiger partial charge in [0.25, 0.3) is 0 Å². The zero-order chi connectivity index (χ0) is 8.34. The highest BCUT2D eigenvalue weighted by atomic mass is 16.3. The Labute approximate surface area is 73.1 Å². The van der Waals surface area contributed by atoms with E-state index in [1.165, 1.54) is 19.3 Å². The van der Waals surface area contributed by atoms with E-state index in [-0.39, 0.29) is 11.6 Å². The maximum atomic E-state index is 9.89. The fourth-order valence-corrected chi connectivity index (χ4v) is 4.06. The smallest absolute Gasteiger partial charge is 0.0598 e. The molecule has 0 saturated heterocycles. The van der Waals surface area contributed by atoms with Gasteiger partial charge in [-0.2, -0.15) is 0 Å². The molecule has 2 nitrogen and oxygen atoms in total. The molecular weight excluding hydrogens is 150 g/mol. The van der Waals surface area contributed by atoms with E-state index in [1.807, 2.05) is 0 Å². The molecule has 4 rings (SSSR count). The molecule has 0 aromatic rings. The Morgan fingerprint density at radius 2 is 1.67 bits per heavy atom. The molecule has 0 heterocycles. The van der Waals surface area contributed by atoms with Crippen LogP contribution in [-0.4, -0.2) is 16.7 Å². The van der Waals surface area contributed by atoms with E-state index >= 15 is 0 Å². The summed E-state index contributed by atoms with van der Waals surface area (Å²) in [4.78, 5) is 0. The zero-order valence-corrected chi connectivity index (χ0v) is 7.37. The van der Waals surface area contributed by atoms with Crippen molar-refractivity contribution in [3.8, 4) is 0 Å². The number of nitrogens with two attached hydrogens (primary N) is 1. The quantitative estimate of drug-likeness (QED) is 0.562. The first-order valence-corrected chi connectivity index (χ1v) is 5.13. The molecule has 4 bridgehead atoms. The molecule has 4 aliphatic rings. The van der Waals surface area contributed by atoms with Gasteiger partial charge in [-0.15, -0.1) is 0 Å². The van der Waals surface area contributed by atoms with E-state index in [4.69, 9.17) is 5.73 Å². The fraction of sp³-hybridized carbons (Fsp3) is 1.00. The summed E-state index contributed by atoms with van der Waals surface area (Å²) in [7, 11) is 0. The van der Waals surface area contributed by atoms with E-state index in [2.05, 4.69) is 0 Å². The predicted molar refractivity (Wildman–Crippen MR) is 46.5 cm³/mol. The Bertz CT molecular complexity index is 200. The largest absolute Gasteiger partial charge is 0.393 e. The Morgan fingerprint density at radius 3 is 2.17 bits per heavy atom. The third kappa shape index (κ3) is 0.826. The van der Waals surface area contributed by atoms with Gasteiger partial charge < -0.3 is 10.8 Å². The molecule has 4 saturated carbocycles. The number of aliphatic hydroxyl groups excluding tert-OH is 1. The molecule has 0 radical (unpaired) electrons. The maximum absolute atomic E-state index is 9.89. The van der Waals surface area contributed by atoms with Crippen molar-refractivity contribution in [1.29, 1.82) is 0 Å². The Kier molecular flexibility index (Phi) is 1.25. The number of rotatable bonds is 0. The summed E-state index contributed by atoms with van der Waals surface area (Å²) in [5, 5.41) is 9.89. The van der Waals surface area contributed by atoms with E-state index < -0.39 is 0 Å². The topological polar surface area (TPSA) is 46.2 Å². The first-order valence-electron chi connectivity index (χ1n) is 5.13. The van der Waals surface area contributed by atoms with Gasteiger partial charge in [-0.05, 0) is 49.9 Å². The van der Waals surface area contributed by atoms with Crippen molar-refractivity contribution in [3.63, 3.8) is 0 Å². The molecule has 2 heteroatoms. The first kappa shape index (κ1) is 7.34. The summed E-state index contributed by atoms with van der Waals surface area (Å²) in [5.41, 5.74) is 6.39. The van der Waals surface area contributed by atoms with Crippen molar-refractivity contribution in [3.05, 3.63) is 0 Å². The average Bonchev–Trinajstić information content (AvgIpc) is 1.96. The lowest BCUT2D eigenvalue weighted by Gasteiger charge is -2.57. The molecular formula is C10H17NO. The molecule has 3 N–H and O–H groups in total. The van der Waals surface area contributed by atoms with Crippen LogP contribution < -0.4 is 5.73 Å². The van der Waals surface area contributed by atoms with Crippen LogP contribution in [0.25, 0.3) is 0 Å². The van der Waals surface area contributed by atoms with Crippen LogP contribution in [0.15, 0.2) is 0 Å². The highest BCUT2D eigenvalue weighted by Crippen LogP contribution is 2.54. The molecule has 4 aliphatic carbocycles. The van der Waals surface area contributed by atoms with Crippen molar-refractivity contribution >= 4 is 0 Å². The van der Waals surface area contributed by atoms with E-state index in [1.54, 1.807) is 0 Å². The van der Waals surface area contributed by atoms with Crippen molar-refractivity contribution in [1.82, 2.24) is 0 Å². The molecule has 0 aromatic heterocycles. The number of hydrogen-bond acceptors (Lipinski definition) is 2. The lowest BCUT2D eigenvalue weighted by Crippen LogP contribution is -2.60. The minimum atomic E-state index is -0.0155. The average molecular weight is 167 g/mol. The monoisotopic (exact) mass is 167 g/mol. The van der Waals surface area contributed by atoms with E-state index in [9.17, 15) is 5.11 Å². The minimum absolute atomic E-state index is 0.0155. The summed E-state index contributed by atoms with van der Waals surface area (Å²) in [6, 6.07) is 0. The van der Waals surface area contributed by atoms with Crippen LogP contribution in [0.2, 0.25) is 0 Å². The van der Waals surface area contributed by atoms with Crippen LogP contribution in [0.3, 0.4) is 0 Å². The zero-order valence-electron chi connectivity index (χ0n) is 7.37. The Hall–Kier alpha value is -0.0800.